The lowest BCUT2D eigenvalue weighted by molar-refractivity contribution is -0.126. The molecule has 0 bridgehead atoms. The van der Waals surface area contributed by atoms with Crippen molar-refractivity contribution < 1.29 is 4.79 Å². The molecule has 1 amide bonds. The first-order valence-corrected chi connectivity index (χ1v) is 11.9. The third-order valence-electron chi connectivity index (χ3n) is 5.13. The second-order valence-electron chi connectivity index (χ2n) is 7.53. The summed E-state index contributed by atoms with van der Waals surface area (Å²) >= 11 is 5.36. The van der Waals surface area contributed by atoms with Crippen molar-refractivity contribution in [2.75, 3.05) is 25.4 Å². The van der Waals surface area contributed by atoms with Gasteiger partial charge in [0.25, 0.3) is 0 Å². The Morgan fingerprint density at radius 2 is 1.86 bits per heavy atom. The third kappa shape index (κ3) is 6.94. The first kappa shape index (κ1) is 21.4. The van der Waals surface area contributed by atoms with E-state index in [1.807, 2.05) is 11.8 Å². The lowest BCUT2D eigenvalue weighted by Crippen LogP contribution is -2.43. The predicted octanol–water partition coefficient (Wildman–Crippen LogP) is 5.02. The van der Waals surface area contributed by atoms with Gasteiger partial charge in [-0.1, -0.05) is 57.9 Å². The number of amides is 1. The van der Waals surface area contributed by atoms with Crippen molar-refractivity contribution in [3.63, 3.8) is 0 Å². The normalized spacial score (nSPS) is 17.4. The van der Waals surface area contributed by atoms with Gasteiger partial charge in [0.15, 0.2) is 0 Å². The number of rotatable bonds is 8. The fourth-order valence-corrected chi connectivity index (χ4v) is 4.61. The molecule has 1 heterocycles. The second kappa shape index (κ2) is 11.0. The Morgan fingerprint density at radius 3 is 2.61 bits per heavy atom. The largest absolute Gasteiger partial charge is 0.355 e. The van der Waals surface area contributed by atoms with Gasteiger partial charge in [-0.3, -0.25) is 9.69 Å². The minimum atomic E-state index is 0.117. The Hall–Kier alpha value is -1.30. The van der Waals surface area contributed by atoms with E-state index in [9.17, 15) is 4.79 Å². The van der Waals surface area contributed by atoms with Gasteiger partial charge >= 0.3 is 0 Å². The summed E-state index contributed by atoms with van der Waals surface area (Å²) in [5, 5.41) is 3.15. The highest BCUT2D eigenvalue weighted by molar-refractivity contribution is 9.10. The Morgan fingerprint density at radius 1 is 1.14 bits per heavy atom. The first-order chi connectivity index (χ1) is 13.6. The van der Waals surface area contributed by atoms with E-state index in [-0.39, 0.29) is 11.8 Å². The molecule has 5 heteroatoms. The van der Waals surface area contributed by atoms with Crippen LogP contribution < -0.4 is 5.32 Å². The zero-order chi connectivity index (χ0) is 19.8. The van der Waals surface area contributed by atoms with E-state index in [0.29, 0.717) is 0 Å². The molecule has 1 unspecified atom stereocenters. The van der Waals surface area contributed by atoms with Crippen LogP contribution in [0.2, 0.25) is 0 Å². The molecule has 0 spiro atoms. The topological polar surface area (TPSA) is 32.3 Å². The van der Waals surface area contributed by atoms with Gasteiger partial charge < -0.3 is 5.32 Å². The maximum absolute atomic E-state index is 12.6. The Kier molecular flexibility index (Phi) is 8.44. The van der Waals surface area contributed by atoms with E-state index in [0.717, 1.165) is 55.0 Å². The molecule has 1 N–H and O–H groups in total. The number of carbonyl (C=O) groups excluding carboxylic acids is 1. The van der Waals surface area contributed by atoms with Crippen molar-refractivity contribution >= 4 is 33.6 Å². The fourth-order valence-electron chi connectivity index (χ4n) is 3.53. The van der Waals surface area contributed by atoms with Crippen LogP contribution in [0.1, 0.15) is 29.5 Å². The summed E-state index contributed by atoms with van der Waals surface area (Å²) < 4.78 is 1.10. The van der Waals surface area contributed by atoms with Crippen molar-refractivity contribution in [3.8, 4) is 0 Å². The Bertz CT molecular complexity index is 748. The van der Waals surface area contributed by atoms with E-state index in [2.05, 4.69) is 81.6 Å². The molecule has 0 aliphatic carbocycles. The molecule has 0 aromatic heterocycles. The number of halogens is 1. The van der Waals surface area contributed by atoms with Gasteiger partial charge in [0.2, 0.25) is 5.91 Å². The van der Waals surface area contributed by atoms with Crippen molar-refractivity contribution in [1.29, 1.82) is 0 Å². The van der Waals surface area contributed by atoms with Gasteiger partial charge in [-0.25, -0.2) is 0 Å². The minimum Gasteiger partial charge on any atom is -0.355 e. The lowest BCUT2D eigenvalue weighted by Gasteiger charge is -2.32. The molecule has 3 nitrogen and oxygen atoms in total. The number of hydrogen-bond donors (Lipinski definition) is 1. The van der Waals surface area contributed by atoms with Gasteiger partial charge in [-0.2, -0.15) is 11.8 Å². The van der Waals surface area contributed by atoms with E-state index < -0.39 is 0 Å². The molecule has 1 aliphatic heterocycles. The van der Waals surface area contributed by atoms with Crippen molar-refractivity contribution in [2.24, 2.45) is 5.92 Å². The van der Waals surface area contributed by atoms with Crippen LogP contribution in [0, 0.1) is 12.8 Å². The van der Waals surface area contributed by atoms with Crippen molar-refractivity contribution in [2.45, 2.75) is 32.1 Å². The average Bonchev–Trinajstić information content (AvgIpc) is 2.71. The monoisotopic (exact) mass is 460 g/mol. The summed E-state index contributed by atoms with van der Waals surface area (Å²) in [6.45, 7) is 5.71. The third-order valence-corrected chi connectivity index (χ3v) is 6.69. The maximum Gasteiger partial charge on any atom is 0.224 e. The van der Waals surface area contributed by atoms with Gasteiger partial charge in [-0.15, -0.1) is 0 Å². The molecule has 3 rings (SSSR count). The number of nitrogens with one attached hydrogen (secondary N) is 1. The molecule has 1 fully saturated rings. The second-order valence-corrected chi connectivity index (χ2v) is 9.55. The van der Waals surface area contributed by atoms with Crippen LogP contribution in [-0.2, 0) is 17.1 Å². The molecule has 0 saturated carbocycles. The van der Waals surface area contributed by atoms with Crippen LogP contribution in [0.5, 0.6) is 0 Å². The summed E-state index contributed by atoms with van der Waals surface area (Å²) in [6, 6.07) is 17.1. The number of thioether (sulfide) groups is 1. The summed E-state index contributed by atoms with van der Waals surface area (Å²) in [5.41, 5.74) is 3.94. The number of hydrogen-bond acceptors (Lipinski definition) is 3. The van der Waals surface area contributed by atoms with Crippen LogP contribution in [0.4, 0.5) is 0 Å². The van der Waals surface area contributed by atoms with Crippen LogP contribution in [0.3, 0.4) is 0 Å². The van der Waals surface area contributed by atoms with E-state index in [4.69, 9.17) is 0 Å². The quantitative estimate of drug-likeness (QED) is 0.561. The van der Waals surface area contributed by atoms with Crippen LogP contribution in [0.25, 0.3) is 0 Å². The summed E-state index contributed by atoms with van der Waals surface area (Å²) in [6.07, 6.45) is 2.09. The lowest BCUT2D eigenvalue weighted by atomic mass is 9.96. The summed E-state index contributed by atoms with van der Waals surface area (Å²) in [5.74, 6) is 2.29. The van der Waals surface area contributed by atoms with Gasteiger partial charge in [0.1, 0.15) is 0 Å². The molecular formula is C23H29BrN2OS. The fraction of sp³-hybridized carbons (Fsp3) is 0.435. The highest BCUT2D eigenvalue weighted by Gasteiger charge is 2.25. The smallest absolute Gasteiger partial charge is 0.224 e. The SMILES string of the molecule is Cc1ccc(CSCCNC(=O)C2CCCN(Cc3ccc(Br)cc3)C2)cc1. The predicted molar refractivity (Wildman–Crippen MR) is 122 cm³/mol. The molecule has 2 aromatic rings. The highest BCUT2D eigenvalue weighted by atomic mass is 79.9. The van der Waals surface area contributed by atoms with Gasteiger partial charge in [-0.05, 0) is 49.6 Å². The highest BCUT2D eigenvalue weighted by Crippen LogP contribution is 2.20. The summed E-state index contributed by atoms with van der Waals surface area (Å²) in [4.78, 5) is 15.0. The number of nitrogens with zero attached hydrogens (tertiary/aromatic N) is 1. The minimum absolute atomic E-state index is 0.117. The molecular weight excluding hydrogens is 432 g/mol. The van der Waals surface area contributed by atoms with Crippen LogP contribution in [-0.4, -0.2) is 36.2 Å². The van der Waals surface area contributed by atoms with E-state index >= 15 is 0 Å². The number of aryl methyl sites for hydroxylation is 1. The van der Waals surface area contributed by atoms with Crippen LogP contribution >= 0.6 is 27.7 Å². The van der Waals surface area contributed by atoms with Gasteiger partial charge in [0.05, 0.1) is 5.92 Å². The maximum atomic E-state index is 12.6. The molecule has 0 radical (unpaired) electrons. The molecule has 1 aliphatic rings. The molecule has 150 valence electrons. The first-order valence-electron chi connectivity index (χ1n) is 9.98. The number of piperidine rings is 1. The number of likely N-dealkylation sites (tertiary alicyclic amines) is 1. The molecule has 2 aromatic carbocycles. The zero-order valence-corrected chi connectivity index (χ0v) is 18.9. The van der Waals surface area contributed by atoms with E-state index in [1.54, 1.807) is 0 Å². The molecule has 28 heavy (non-hydrogen) atoms. The standard InChI is InChI=1S/C23H29BrN2OS/c1-18-4-6-20(7-5-18)17-28-14-12-25-23(27)21-3-2-13-26(16-21)15-19-8-10-22(24)11-9-19/h4-11,21H,2-3,12-17H2,1H3,(H,25,27). The Balaban J connectivity index is 1.35. The number of benzene rings is 2. The molecule has 1 saturated heterocycles. The van der Waals surface area contributed by atoms with Gasteiger partial charge in [0, 0.05) is 35.6 Å². The average molecular weight is 461 g/mol. The zero-order valence-electron chi connectivity index (χ0n) is 16.5. The Labute approximate surface area is 181 Å². The van der Waals surface area contributed by atoms with Crippen molar-refractivity contribution in [1.82, 2.24) is 10.2 Å². The molecule has 1 atom stereocenters. The van der Waals surface area contributed by atoms with Crippen molar-refractivity contribution in [3.05, 3.63) is 69.7 Å². The van der Waals surface area contributed by atoms with Crippen LogP contribution in [0.15, 0.2) is 53.0 Å². The number of carbonyl (C=O) groups is 1. The summed E-state index contributed by atoms with van der Waals surface area (Å²) in [7, 11) is 0. The van der Waals surface area contributed by atoms with E-state index in [1.165, 1.54) is 16.7 Å².